The van der Waals surface area contributed by atoms with E-state index >= 15 is 0 Å². The van der Waals surface area contributed by atoms with Gasteiger partial charge in [-0.05, 0) is 65.4 Å². The van der Waals surface area contributed by atoms with Crippen LogP contribution in [-0.4, -0.2) is 93.6 Å². The van der Waals surface area contributed by atoms with Gasteiger partial charge in [0.2, 0.25) is 0 Å². The number of anilines is 1. The SMILES string of the molecule is C[C@@H]1CCCCO[C@@H](CN(C)C)[C@H](C)CN([C@H](C)CO)C(=O)c2cc(N(C)C)ccc2O1. The van der Waals surface area contributed by atoms with Crippen molar-refractivity contribution in [1.29, 1.82) is 0 Å². The smallest absolute Gasteiger partial charge is 0.258 e. The van der Waals surface area contributed by atoms with E-state index in [4.69, 9.17) is 9.47 Å². The molecule has 4 atom stereocenters. The monoisotopic (exact) mass is 449 g/mol. The third kappa shape index (κ3) is 7.36. The van der Waals surface area contributed by atoms with Crippen molar-refractivity contribution in [1.82, 2.24) is 9.80 Å². The normalized spacial score (nSPS) is 24.5. The molecule has 32 heavy (non-hydrogen) atoms. The maximum atomic E-state index is 13.8. The number of amides is 1. The topological polar surface area (TPSA) is 65.5 Å². The van der Waals surface area contributed by atoms with Crippen molar-refractivity contribution < 1.29 is 19.4 Å². The number of nitrogens with zero attached hydrogens (tertiary/aromatic N) is 3. The summed E-state index contributed by atoms with van der Waals surface area (Å²) in [7, 11) is 7.99. The number of carbonyl (C=O) groups excluding carboxylic acids is 1. The van der Waals surface area contributed by atoms with Crippen LogP contribution in [-0.2, 0) is 4.74 Å². The number of aliphatic hydroxyl groups is 1. The number of fused-ring (bicyclic) bond motifs is 1. The maximum absolute atomic E-state index is 13.8. The Bertz CT molecular complexity index is 725. The first-order valence-corrected chi connectivity index (χ1v) is 11.8. The standard InChI is InChI=1S/C25H43N3O4/c1-18-15-28(19(2)17-29)25(30)22-14-21(27(6)7)11-12-23(22)32-20(3)10-8-9-13-31-24(18)16-26(4)5/h11-12,14,18-20,24,29H,8-10,13,15-17H2,1-7H3/t18-,19-,20-,24+/m1/s1. The molecule has 1 aliphatic rings. The molecule has 0 radical (unpaired) electrons. The molecular formula is C25H43N3O4. The lowest BCUT2D eigenvalue weighted by atomic mass is 10.0. The Morgan fingerprint density at radius 3 is 2.53 bits per heavy atom. The second-order valence-corrected chi connectivity index (χ2v) is 9.64. The first-order valence-electron chi connectivity index (χ1n) is 11.8. The van der Waals surface area contributed by atoms with Gasteiger partial charge in [-0.15, -0.1) is 0 Å². The van der Waals surface area contributed by atoms with E-state index in [1.54, 1.807) is 4.90 Å². The van der Waals surface area contributed by atoms with Crippen LogP contribution in [0.1, 0.15) is 50.4 Å². The lowest BCUT2D eigenvalue weighted by molar-refractivity contribution is -0.0137. The molecule has 2 rings (SSSR count). The molecule has 0 fully saturated rings. The van der Waals surface area contributed by atoms with Crippen molar-refractivity contribution in [2.75, 3.05) is 59.4 Å². The molecule has 0 spiro atoms. The van der Waals surface area contributed by atoms with Gasteiger partial charge in [0, 0.05) is 45.4 Å². The summed E-state index contributed by atoms with van der Waals surface area (Å²) in [6, 6.07) is 5.46. The van der Waals surface area contributed by atoms with Crippen LogP contribution in [0.25, 0.3) is 0 Å². The Morgan fingerprint density at radius 2 is 1.91 bits per heavy atom. The van der Waals surface area contributed by atoms with E-state index in [-0.39, 0.29) is 36.7 Å². The molecule has 0 unspecified atom stereocenters. The Balaban J connectivity index is 2.48. The number of hydrogen-bond donors (Lipinski definition) is 1. The summed E-state index contributed by atoms with van der Waals surface area (Å²) in [5.74, 6) is 0.595. The molecule has 7 nitrogen and oxygen atoms in total. The van der Waals surface area contributed by atoms with E-state index in [0.717, 1.165) is 31.5 Å². The Labute approximate surface area is 194 Å². The summed E-state index contributed by atoms with van der Waals surface area (Å²) in [4.78, 5) is 19.7. The van der Waals surface area contributed by atoms with Gasteiger partial charge in [-0.25, -0.2) is 0 Å². The summed E-state index contributed by atoms with van der Waals surface area (Å²) in [6.07, 6.45) is 2.89. The molecule has 0 aliphatic carbocycles. The number of rotatable bonds is 5. The maximum Gasteiger partial charge on any atom is 0.258 e. The van der Waals surface area contributed by atoms with Crippen LogP contribution < -0.4 is 9.64 Å². The van der Waals surface area contributed by atoms with Crippen molar-refractivity contribution in [3.05, 3.63) is 23.8 Å². The van der Waals surface area contributed by atoms with Gasteiger partial charge in [0.05, 0.1) is 30.4 Å². The van der Waals surface area contributed by atoms with Gasteiger partial charge >= 0.3 is 0 Å². The molecule has 7 heteroatoms. The van der Waals surface area contributed by atoms with Crippen molar-refractivity contribution in [2.45, 2.75) is 58.3 Å². The number of aliphatic hydroxyl groups excluding tert-OH is 1. The Hall–Kier alpha value is -1.83. The number of carbonyl (C=O) groups is 1. The van der Waals surface area contributed by atoms with Gasteiger partial charge in [-0.2, -0.15) is 0 Å². The summed E-state index contributed by atoms with van der Waals surface area (Å²) in [6.45, 7) is 7.94. The third-order valence-corrected chi connectivity index (χ3v) is 6.10. The van der Waals surface area contributed by atoms with Crippen LogP contribution in [0.5, 0.6) is 5.75 Å². The molecule has 1 aliphatic heterocycles. The zero-order valence-electron chi connectivity index (χ0n) is 21.0. The molecule has 182 valence electrons. The Morgan fingerprint density at radius 1 is 1.19 bits per heavy atom. The van der Waals surface area contributed by atoms with Crippen LogP contribution in [0.15, 0.2) is 18.2 Å². The van der Waals surface area contributed by atoms with Gasteiger partial charge in [0.15, 0.2) is 0 Å². The molecule has 1 heterocycles. The van der Waals surface area contributed by atoms with Gasteiger partial charge in [-0.3, -0.25) is 4.79 Å². The van der Waals surface area contributed by atoms with Gasteiger partial charge in [-0.1, -0.05) is 6.92 Å². The second-order valence-electron chi connectivity index (χ2n) is 9.64. The minimum atomic E-state index is -0.314. The molecular weight excluding hydrogens is 406 g/mol. The van der Waals surface area contributed by atoms with Crippen LogP contribution in [0.3, 0.4) is 0 Å². The molecule has 0 saturated carbocycles. The highest BCUT2D eigenvalue weighted by molar-refractivity contribution is 5.98. The van der Waals surface area contributed by atoms with Crippen LogP contribution >= 0.6 is 0 Å². The lowest BCUT2D eigenvalue weighted by Gasteiger charge is -2.35. The third-order valence-electron chi connectivity index (χ3n) is 6.10. The van der Waals surface area contributed by atoms with E-state index in [0.29, 0.717) is 24.5 Å². The minimum absolute atomic E-state index is 0.00472. The first-order chi connectivity index (χ1) is 15.1. The van der Waals surface area contributed by atoms with E-state index in [9.17, 15) is 9.90 Å². The predicted molar refractivity (Wildman–Crippen MR) is 130 cm³/mol. The highest BCUT2D eigenvalue weighted by atomic mass is 16.5. The van der Waals surface area contributed by atoms with Crippen LogP contribution in [0.2, 0.25) is 0 Å². The lowest BCUT2D eigenvalue weighted by Crippen LogP contribution is -2.47. The summed E-state index contributed by atoms with van der Waals surface area (Å²) >= 11 is 0. The van der Waals surface area contributed by atoms with E-state index < -0.39 is 0 Å². The van der Waals surface area contributed by atoms with Gasteiger partial charge in [0.1, 0.15) is 5.75 Å². The van der Waals surface area contributed by atoms with E-state index in [1.807, 2.05) is 65.1 Å². The second kappa shape index (κ2) is 12.4. The quantitative estimate of drug-likeness (QED) is 0.745. The number of ether oxygens (including phenoxy) is 2. The van der Waals surface area contributed by atoms with Crippen molar-refractivity contribution in [3.63, 3.8) is 0 Å². The first kappa shape index (κ1) is 26.4. The predicted octanol–water partition coefficient (Wildman–Crippen LogP) is 3.11. The zero-order valence-corrected chi connectivity index (χ0v) is 21.0. The highest BCUT2D eigenvalue weighted by Gasteiger charge is 2.30. The number of likely N-dealkylation sites (N-methyl/N-ethyl adjacent to an activating group) is 1. The molecule has 0 bridgehead atoms. The summed E-state index contributed by atoms with van der Waals surface area (Å²) in [5, 5.41) is 9.93. The molecule has 0 saturated heterocycles. The fraction of sp³-hybridized carbons (Fsp3) is 0.720. The van der Waals surface area contributed by atoms with Crippen LogP contribution in [0.4, 0.5) is 5.69 Å². The highest BCUT2D eigenvalue weighted by Crippen LogP contribution is 2.29. The van der Waals surface area contributed by atoms with Crippen molar-refractivity contribution in [2.24, 2.45) is 5.92 Å². The zero-order chi connectivity index (χ0) is 23.8. The fourth-order valence-electron chi connectivity index (χ4n) is 4.01. The van der Waals surface area contributed by atoms with Crippen LogP contribution in [0, 0.1) is 5.92 Å². The van der Waals surface area contributed by atoms with E-state index in [1.165, 1.54) is 0 Å². The summed E-state index contributed by atoms with van der Waals surface area (Å²) in [5.41, 5.74) is 1.48. The Kier molecular flexibility index (Phi) is 10.3. The molecule has 1 aromatic carbocycles. The minimum Gasteiger partial charge on any atom is -0.490 e. The van der Waals surface area contributed by atoms with Crippen molar-refractivity contribution >= 4 is 11.6 Å². The van der Waals surface area contributed by atoms with E-state index in [2.05, 4.69) is 11.8 Å². The molecule has 1 aromatic rings. The molecule has 1 N–H and O–H groups in total. The number of benzene rings is 1. The average Bonchev–Trinajstić information content (AvgIpc) is 2.74. The van der Waals surface area contributed by atoms with Gasteiger partial charge < -0.3 is 29.3 Å². The summed E-state index contributed by atoms with van der Waals surface area (Å²) < 4.78 is 12.5. The largest absolute Gasteiger partial charge is 0.490 e. The number of hydrogen-bond acceptors (Lipinski definition) is 6. The fourth-order valence-corrected chi connectivity index (χ4v) is 4.01. The van der Waals surface area contributed by atoms with Crippen molar-refractivity contribution in [3.8, 4) is 5.75 Å². The molecule has 1 amide bonds. The average molecular weight is 450 g/mol. The molecule has 0 aromatic heterocycles. The van der Waals surface area contributed by atoms with Gasteiger partial charge in [0.25, 0.3) is 5.91 Å².